The van der Waals surface area contributed by atoms with Crippen molar-refractivity contribution < 1.29 is 14.6 Å². The summed E-state index contributed by atoms with van der Waals surface area (Å²) in [6.45, 7) is 4.73. The van der Waals surface area contributed by atoms with Crippen LogP contribution in [0.4, 0.5) is 4.79 Å². The maximum Gasteiger partial charge on any atom is 0.407 e. The van der Waals surface area contributed by atoms with Crippen molar-refractivity contribution in [3.8, 4) is 0 Å². The largest absolute Gasteiger partial charge is 0.453 e. The zero-order valence-corrected chi connectivity index (χ0v) is 10.6. The highest BCUT2D eigenvalue weighted by molar-refractivity contribution is 5.67. The number of carbonyl (C=O) groups is 1. The minimum absolute atomic E-state index is 0.0161. The van der Waals surface area contributed by atoms with Crippen molar-refractivity contribution in [2.75, 3.05) is 33.3 Å². The quantitative estimate of drug-likeness (QED) is 0.614. The topological polar surface area (TPSA) is 87.8 Å². The van der Waals surface area contributed by atoms with Crippen molar-refractivity contribution in [3.63, 3.8) is 0 Å². The van der Waals surface area contributed by atoms with Crippen LogP contribution in [0.15, 0.2) is 0 Å². The van der Waals surface area contributed by atoms with Gasteiger partial charge in [0, 0.05) is 32.2 Å². The van der Waals surface area contributed by atoms with E-state index in [0.29, 0.717) is 6.54 Å². The second-order valence-corrected chi connectivity index (χ2v) is 4.62. The number of hydrogen-bond acceptors (Lipinski definition) is 5. The fourth-order valence-corrected chi connectivity index (χ4v) is 2.28. The van der Waals surface area contributed by atoms with Gasteiger partial charge in [0.15, 0.2) is 0 Å². The number of likely N-dealkylation sites (tertiary alicyclic amines) is 1. The Morgan fingerprint density at radius 3 is 2.88 bits per heavy atom. The molecule has 1 aliphatic heterocycles. The number of rotatable bonds is 4. The summed E-state index contributed by atoms with van der Waals surface area (Å²) in [5, 5.41) is 12.5. The average Bonchev–Trinajstić information content (AvgIpc) is 2.29. The summed E-state index contributed by atoms with van der Waals surface area (Å²) in [6.07, 6.45) is -0.0279. The fourth-order valence-electron chi connectivity index (χ4n) is 2.28. The molecule has 0 aromatic rings. The predicted molar refractivity (Wildman–Crippen MR) is 64.6 cm³/mol. The summed E-state index contributed by atoms with van der Waals surface area (Å²) in [5.41, 5.74) is 5.54. The Kier molecular flexibility index (Phi) is 5.67. The van der Waals surface area contributed by atoms with Gasteiger partial charge in [-0.3, -0.25) is 4.90 Å². The molecule has 0 spiro atoms. The van der Waals surface area contributed by atoms with Gasteiger partial charge in [-0.25, -0.2) is 4.79 Å². The third-order valence-electron chi connectivity index (χ3n) is 3.19. The molecule has 1 aliphatic rings. The first-order valence-electron chi connectivity index (χ1n) is 6.01. The van der Waals surface area contributed by atoms with Crippen molar-refractivity contribution in [1.29, 1.82) is 0 Å². The maximum atomic E-state index is 11.2. The van der Waals surface area contributed by atoms with E-state index in [-0.39, 0.29) is 18.1 Å². The molecule has 3 atom stereocenters. The second-order valence-electron chi connectivity index (χ2n) is 4.62. The smallest absolute Gasteiger partial charge is 0.407 e. The van der Waals surface area contributed by atoms with Gasteiger partial charge in [0.1, 0.15) is 0 Å². The summed E-state index contributed by atoms with van der Waals surface area (Å²) in [4.78, 5) is 13.4. The lowest BCUT2D eigenvalue weighted by Gasteiger charge is -2.38. The van der Waals surface area contributed by atoms with E-state index in [2.05, 4.69) is 15.0 Å². The highest BCUT2D eigenvalue weighted by atomic mass is 16.5. The summed E-state index contributed by atoms with van der Waals surface area (Å²) in [7, 11) is 1.35. The number of ether oxygens (including phenoxy) is 1. The van der Waals surface area contributed by atoms with Crippen LogP contribution in [0.2, 0.25) is 0 Å². The van der Waals surface area contributed by atoms with Gasteiger partial charge in [0.25, 0.3) is 0 Å². The highest BCUT2D eigenvalue weighted by Gasteiger charge is 2.30. The van der Waals surface area contributed by atoms with Gasteiger partial charge in [0.2, 0.25) is 0 Å². The SMILES string of the molecule is COC(=O)NC1CC(C(C)O)CN(CCN)C1. The van der Waals surface area contributed by atoms with E-state index in [4.69, 9.17) is 5.73 Å². The zero-order chi connectivity index (χ0) is 12.8. The van der Waals surface area contributed by atoms with Crippen molar-refractivity contribution in [2.45, 2.75) is 25.5 Å². The molecule has 4 N–H and O–H groups in total. The van der Waals surface area contributed by atoms with E-state index in [0.717, 1.165) is 26.1 Å². The Balaban J connectivity index is 2.55. The first-order chi connectivity index (χ1) is 8.06. The molecule has 1 heterocycles. The average molecular weight is 245 g/mol. The maximum absolute atomic E-state index is 11.2. The van der Waals surface area contributed by atoms with Crippen LogP contribution in [0, 0.1) is 5.92 Å². The monoisotopic (exact) mass is 245 g/mol. The minimum Gasteiger partial charge on any atom is -0.453 e. The summed E-state index contributed by atoms with van der Waals surface area (Å²) < 4.78 is 4.59. The van der Waals surface area contributed by atoms with E-state index < -0.39 is 6.09 Å². The lowest BCUT2D eigenvalue weighted by molar-refractivity contribution is 0.0484. The minimum atomic E-state index is -0.422. The van der Waals surface area contributed by atoms with E-state index in [1.165, 1.54) is 7.11 Å². The Morgan fingerprint density at radius 1 is 1.65 bits per heavy atom. The normalized spacial score (nSPS) is 27.5. The van der Waals surface area contributed by atoms with Crippen LogP contribution < -0.4 is 11.1 Å². The molecule has 0 aromatic carbocycles. The van der Waals surface area contributed by atoms with Gasteiger partial charge in [-0.1, -0.05) is 0 Å². The molecule has 100 valence electrons. The number of amides is 1. The Hall–Kier alpha value is -0.850. The number of methoxy groups -OCH3 is 1. The fraction of sp³-hybridized carbons (Fsp3) is 0.909. The number of aliphatic hydroxyl groups excluding tert-OH is 1. The molecule has 6 nitrogen and oxygen atoms in total. The molecule has 0 aliphatic carbocycles. The van der Waals surface area contributed by atoms with Crippen LogP contribution in [-0.4, -0.2) is 61.5 Å². The van der Waals surface area contributed by atoms with Crippen molar-refractivity contribution >= 4 is 6.09 Å². The van der Waals surface area contributed by atoms with E-state index >= 15 is 0 Å². The summed E-state index contributed by atoms with van der Waals surface area (Å²) in [6, 6.07) is 0.0161. The Morgan fingerprint density at radius 2 is 2.35 bits per heavy atom. The van der Waals surface area contributed by atoms with Crippen molar-refractivity contribution in [3.05, 3.63) is 0 Å². The molecule has 1 fully saturated rings. The lowest BCUT2D eigenvalue weighted by Crippen LogP contribution is -2.53. The van der Waals surface area contributed by atoms with Crippen LogP contribution in [-0.2, 0) is 4.74 Å². The molecule has 17 heavy (non-hydrogen) atoms. The van der Waals surface area contributed by atoms with Gasteiger partial charge in [-0.15, -0.1) is 0 Å². The third kappa shape index (κ3) is 4.49. The van der Waals surface area contributed by atoms with Crippen molar-refractivity contribution in [1.82, 2.24) is 10.2 Å². The van der Waals surface area contributed by atoms with Gasteiger partial charge >= 0.3 is 6.09 Å². The molecule has 0 saturated carbocycles. The molecular formula is C11H23N3O3. The Labute approximate surface area is 102 Å². The zero-order valence-electron chi connectivity index (χ0n) is 10.6. The molecule has 1 rings (SSSR count). The standard InChI is InChI=1S/C11H23N3O3/c1-8(15)9-5-10(13-11(16)17-2)7-14(6-9)4-3-12/h8-10,15H,3-7,12H2,1-2H3,(H,13,16). The number of nitrogens with two attached hydrogens (primary N) is 1. The van der Waals surface area contributed by atoms with Crippen LogP contribution in [0.5, 0.6) is 0 Å². The van der Waals surface area contributed by atoms with Gasteiger partial charge in [-0.2, -0.15) is 0 Å². The molecule has 1 amide bonds. The first-order valence-corrected chi connectivity index (χ1v) is 6.01. The van der Waals surface area contributed by atoms with Gasteiger partial charge in [-0.05, 0) is 19.3 Å². The molecule has 0 aromatic heterocycles. The highest BCUT2D eigenvalue weighted by Crippen LogP contribution is 2.20. The van der Waals surface area contributed by atoms with Crippen molar-refractivity contribution in [2.24, 2.45) is 11.7 Å². The molecular weight excluding hydrogens is 222 g/mol. The number of piperidine rings is 1. The van der Waals surface area contributed by atoms with Gasteiger partial charge in [0.05, 0.1) is 13.2 Å². The van der Waals surface area contributed by atoms with E-state index in [1.54, 1.807) is 6.92 Å². The number of aliphatic hydroxyl groups is 1. The molecule has 6 heteroatoms. The predicted octanol–water partition coefficient (Wildman–Crippen LogP) is -0.628. The Bertz CT molecular complexity index is 248. The van der Waals surface area contributed by atoms with E-state index in [9.17, 15) is 9.90 Å². The lowest BCUT2D eigenvalue weighted by atomic mass is 9.90. The van der Waals surface area contributed by atoms with Crippen LogP contribution in [0.3, 0.4) is 0 Å². The van der Waals surface area contributed by atoms with Gasteiger partial charge < -0.3 is 20.9 Å². The molecule has 1 saturated heterocycles. The number of nitrogens with zero attached hydrogens (tertiary/aromatic N) is 1. The third-order valence-corrected chi connectivity index (χ3v) is 3.19. The number of carbonyl (C=O) groups excluding carboxylic acids is 1. The van der Waals surface area contributed by atoms with Crippen LogP contribution >= 0.6 is 0 Å². The molecule has 3 unspecified atom stereocenters. The van der Waals surface area contributed by atoms with Crippen LogP contribution in [0.25, 0.3) is 0 Å². The van der Waals surface area contributed by atoms with E-state index in [1.807, 2.05) is 0 Å². The molecule has 0 radical (unpaired) electrons. The molecule has 0 bridgehead atoms. The second kappa shape index (κ2) is 6.78. The summed E-state index contributed by atoms with van der Waals surface area (Å²) >= 11 is 0. The number of nitrogens with one attached hydrogen (secondary N) is 1. The number of alkyl carbamates (subject to hydrolysis) is 1. The van der Waals surface area contributed by atoms with Crippen LogP contribution in [0.1, 0.15) is 13.3 Å². The first kappa shape index (κ1) is 14.2. The number of hydrogen-bond donors (Lipinski definition) is 3. The summed E-state index contributed by atoms with van der Waals surface area (Å²) in [5.74, 6) is 0.164.